The standard InChI is InChI=1S/C17H16ClN3O2S3.Na.H/c1-12-14(18)5-4-6-15(12)26(22,23)21-17-20-13(11-25-17)8-10-24-16-7-2-3-9-19-16;;/h2-7,9,11H,8,10H2,1H3,(H,20,21);;/q;+1;-1. The summed E-state index contributed by atoms with van der Waals surface area (Å²) in [6.07, 6.45) is 2.49. The van der Waals surface area contributed by atoms with Crippen LogP contribution in [0.2, 0.25) is 5.02 Å². The van der Waals surface area contributed by atoms with E-state index in [1.165, 1.54) is 17.4 Å². The van der Waals surface area contributed by atoms with Crippen molar-refractivity contribution in [1.29, 1.82) is 0 Å². The summed E-state index contributed by atoms with van der Waals surface area (Å²) in [6.45, 7) is 1.68. The minimum atomic E-state index is -3.72. The van der Waals surface area contributed by atoms with Crippen molar-refractivity contribution in [3.8, 4) is 0 Å². The average molecular weight is 450 g/mol. The van der Waals surface area contributed by atoms with Gasteiger partial charge in [0, 0.05) is 28.8 Å². The minimum Gasteiger partial charge on any atom is -1.00 e. The van der Waals surface area contributed by atoms with Gasteiger partial charge in [-0.25, -0.2) is 18.4 Å². The van der Waals surface area contributed by atoms with Crippen molar-refractivity contribution in [3.05, 3.63) is 64.3 Å². The van der Waals surface area contributed by atoms with Crippen molar-refractivity contribution >= 4 is 49.9 Å². The van der Waals surface area contributed by atoms with E-state index in [2.05, 4.69) is 14.7 Å². The van der Waals surface area contributed by atoms with Crippen molar-refractivity contribution < 1.29 is 39.4 Å². The second-order valence-electron chi connectivity index (χ2n) is 5.38. The van der Waals surface area contributed by atoms with Crippen LogP contribution < -0.4 is 34.3 Å². The fraction of sp³-hybridized carbons (Fsp3) is 0.176. The first-order valence-electron chi connectivity index (χ1n) is 7.72. The number of sulfonamides is 1. The van der Waals surface area contributed by atoms with Gasteiger partial charge in [0.25, 0.3) is 10.0 Å². The molecule has 2 heterocycles. The number of anilines is 1. The van der Waals surface area contributed by atoms with E-state index in [9.17, 15) is 8.42 Å². The molecular weight excluding hydrogens is 433 g/mol. The number of nitrogens with zero attached hydrogens (tertiary/aromatic N) is 2. The molecule has 1 aromatic carbocycles. The van der Waals surface area contributed by atoms with Crippen molar-refractivity contribution in [2.75, 3.05) is 10.5 Å². The van der Waals surface area contributed by atoms with E-state index in [0.29, 0.717) is 15.7 Å². The van der Waals surface area contributed by atoms with E-state index in [4.69, 9.17) is 11.6 Å². The zero-order chi connectivity index (χ0) is 18.6. The first kappa shape index (κ1) is 22.7. The number of hydrogen-bond donors (Lipinski definition) is 1. The number of nitrogens with one attached hydrogen (secondary N) is 1. The maximum Gasteiger partial charge on any atom is 1.00 e. The minimum absolute atomic E-state index is 0. The smallest absolute Gasteiger partial charge is 1.00 e. The molecule has 0 radical (unpaired) electrons. The van der Waals surface area contributed by atoms with E-state index in [0.717, 1.165) is 22.9 Å². The van der Waals surface area contributed by atoms with Crippen LogP contribution in [0.1, 0.15) is 12.7 Å². The summed E-state index contributed by atoms with van der Waals surface area (Å²) < 4.78 is 27.7. The van der Waals surface area contributed by atoms with Gasteiger partial charge in [0.05, 0.1) is 15.6 Å². The first-order chi connectivity index (χ1) is 12.5. The van der Waals surface area contributed by atoms with Crippen LogP contribution in [0.25, 0.3) is 0 Å². The second-order valence-corrected chi connectivity index (χ2v) is 9.41. The Kier molecular flexibility index (Phi) is 8.61. The Labute approximate surface area is 195 Å². The number of benzene rings is 1. The largest absolute Gasteiger partial charge is 1.00 e. The van der Waals surface area contributed by atoms with Gasteiger partial charge < -0.3 is 1.43 Å². The van der Waals surface area contributed by atoms with Crippen LogP contribution in [-0.4, -0.2) is 24.1 Å². The third-order valence-electron chi connectivity index (χ3n) is 3.53. The molecule has 0 amide bonds. The molecule has 1 N–H and O–H groups in total. The van der Waals surface area contributed by atoms with Crippen LogP contribution in [0, 0.1) is 6.92 Å². The first-order valence-corrected chi connectivity index (χ1v) is 11.4. The zero-order valence-electron chi connectivity index (χ0n) is 15.8. The van der Waals surface area contributed by atoms with Crippen LogP contribution in [0.15, 0.2) is 57.9 Å². The van der Waals surface area contributed by atoms with Gasteiger partial charge in [-0.3, -0.25) is 4.72 Å². The number of halogens is 1. The molecule has 0 saturated heterocycles. The van der Waals surface area contributed by atoms with E-state index in [1.807, 2.05) is 23.6 Å². The van der Waals surface area contributed by atoms with Gasteiger partial charge in [0.2, 0.25) is 0 Å². The van der Waals surface area contributed by atoms with Gasteiger partial charge in [-0.1, -0.05) is 23.7 Å². The molecular formula is C17H17ClN3NaO2S3. The summed E-state index contributed by atoms with van der Waals surface area (Å²) in [5, 5.41) is 3.59. The van der Waals surface area contributed by atoms with Crippen LogP contribution >= 0.6 is 34.7 Å². The molecule has 0 saturated carbocycles. The number of rotatable bonds is 7. The van der Waals surface area contributed by atoms with E-state index < -0.39 is 10.0 Å². The van der Waals surface area contributed by atoms with Gasteiger partial charge >= 0.3 is 29.6 Å². The molecule has 10 heteroatoms. The molecule has 0 fully saturated rings. The van der Waals surface area contributed by atoms with Gasteiger partial charge in [-0.15, -0.1) is 23.1 Å². The van der Waals surface area contributed by atoms with Crippen molar-refractivity contribution in [1.82, 2.24) is 9.97 Å². The Hall–Kier alpha value is -0.610. The third-order valence-corrected chi connectivity index (χ3v) is 7.30. The van der Waals surface area contributed by atoms with Crippen molar-refractivity contribution in [2.45, 2.75) is 23.3 Å². The van der Waals surface area contributed by atoms with Crippen LogP contribution in [0.5, 0.6) is 0 Å². The van der Waals surface area contributed by atoms with Crippen molar-refractivity contribution in [3.63, 3.8) is 0 Å². The molecule has 3 aromatic rings. The Morgan fingerprint density at radius 1 is 1.26 bits per heavy atom. The van der Waals surface area contributed by atoms with E-state index >= 15 is 0 Å². The molecule has 5 nitrogen and oxygen atoms in total. The fourth-order valence-electron chi connectivity index (χ4n) is 2.21. The number of pyridine rings is 1. The quantitative estimate of drug-likeness (QED) is 0.439. The summed E-state index contributed by atoms with van der Waals surface area (Å²) in [7, 11) is -3.72. The summed E-state index contributed by atoms with van der Waals surface area (Å²) in [4.78, 5) is 8.78. The number of aromatic nitrogens is 2. The topological polar surface area (TPSA) is 72.0 Å². The van der Waals surface area contributed by atoms with Crippen LogP contribution in [0.3, 0.4) is 0 Å². The summed E-state index contributed by atoms with van der Waals surface area (Å²) in [5.74, 6) is 0.820. The molecule has 138 valence electrons. The Bertz CT molecular complexity index is 1000. The normalized spacial score (nSPS) is 11.0. The molecule has 0 atom stereocenters. The second kappa shape index (κ2) is 10.2. The molecule has 2 aromatic heterocycles. The number of thiazole rings is 1. The monoisotopic (exact) mass is 449 g/mol. The molecule has 0 aliphatic rings. The molecule has 0 aliphatic carbocycles. The summed E-state index contributed by atoms with van der Waals surface area (Å²) in [6, 6.07) is 10.6. The Morgan fingerprint density at radius 2 is 2.07 bits per heavy atom. The number of thioether (sulfide) groups is 1. The average Bonchev–Trinajstić information content (AvgIpc) is 3.04. The Morgan fingerprint density at radius 3 is 2.81 bits per heavy atom. The predicted octanol–water partition coefficient (Wildman–Crippen LogP) is 1.75. The zero-order valence-corrected chi connectivity index (χ0v) is 20.1. The molecule has 27 heavy (non-hydrogen) atoms. The Balaban J connectivity index is 0.00000196. The molecule has 3 rings (SSSR count). The summed E-state index contributed by atoms with van der Waals surface area (Å²) >= 11 is 8.93. The van der Waals surface area contributed by atoms with Crippen molar-refractivity contribution in [2.24, 2.45) is 0 Å². The number of hydrogen-bond acceptors (Lipinski definition) is 6. The third kappa shape index (κ3) is 6.19. The van der Waals surface area contributed by atoms with Crippen LogP contribution in [0.4, 0.5) is 5.13 Å². The number of aryl methyl sites for hydroxylation is 1. The molecule has 0 bridgehead atoms. The maximum absolute atomic E-state index is 12.6. The molecule has 0 unspecified atom stereocenters. The fourth-order valence-corrected chi connectivity index (χ4v) is 5.54. The van der Waals surface area contributed by atoms with E-state index in [1.54, 1.807) is 37.0 Å². The van der Waals surface area contributed by atoms with Gasteiger partial charge in [0.1, 0.15) is 0 Å². The molecule has 0 spiro atoms. The van der Waals surface area contributed by atoms with Gasteiger partial charge in [-0.2, -0.15) is 0 Å². The maximum atomic E-state index is 12.6. The molecule has 0 aliphatic heterocycles. The van der Waals surface area contributed by atoms with Gasteiger partial charge in [0.15, 0.2) is 5.13 Å². The van der Waals surface area contributed by atoms with E-state index in [-0.39, 0.29) is 35.9 Å². The summed E-state index contributed by atoms with van der Waals surface area (Å²) in [5.41, 5.74) is 1.36. The SMILES string of the molecule is Cc1c(Cl)cccc1S(=O)(=O)Nc1nc(CCSc2ccccn2)cs1.[H-].[Na+]. The van der Waals surface area contributed by atoms with Crippen LogP contribution in [-0.2, 0) is 16.4 Å². The van der Waals surface area contributed by atoms with Gasteiger partial charge in [-0.05, 0) is 36.8 Å². The predicted molar refractivity (Wildman–Crippen MR) is 109 cm³/mol.